The van der Waals surface area contributed by atoms with E-state index in [1.165, 1.54) is 0 Å². The first-order chi connectivity index (χ1) is 10.7. The monoisotopic (exact) mass is 335 g/mol. The molecule has 1 heterocycles. The Hall–Kier alpha value is -2.15. The molecule has 1 aromatic carbocycles. The van der Waals surface area contributed by atoms with E-state index < -0.39 is 9.84 Å². The van der Waals surface area contributed by atoms with Crippen LogP contribution in [0.1, 0.15) is 24.2 Å². The zero-order valence-corrected chi connectivity index (χ0v) is 14.8. The van der Waals surface area contributed by atoms with Crippen molar-refractivity contribution in [3.8, 4) is 5.75 Å². The van der Waals surface area contributed by atoms with Gasteiger partial charge in [0.1, 0.15) is 11.6 Å². The van der Waals surface area contributed by atoms with Crippen LogP contribution < -0.4 is 9.64 Å². The Kier molecular flexibility index (Phi) is 4.89. The van der Waals surface area contributed by atoms with Crippen LogP contribution >= 0.6 is 0 Å². The Morgan fingerprint density at radius 1 is 1.22 bits per heavy atom. The Morgan fingerprint density at radius 2 is 1.87 bits per heavy atom. The van der Waals surface area contributed by atoms with Crippen LogP contribution in [0.3, 0.4) is 0 Å². The molecule has 0 fully saturated rings. The smallest absolute Gasteiger partial charge is 0.248 e. The first-order valence-electron chi connectivity index (χ1n) is 7.15. The van der Waals surface area contributed by atoms with E-state index in [4.69, 9.17) is 4.74 Å². The lowest BCUT2D eigenvalue weighted by Gasteiger charge is -2.27. The molecular weight excluding hydrogens is 314 g/mol. The summed E-state index contributed by atoms with van der Waals surface area (Å²) in [7, 11) is 0.0351. The average molecular weight is 335 g/mol. The third kappa shape index (κ3) is 3.79. The number of aryl methyl sites for hydroxylation is 1. The van der Waals surface area contributed by atoms with Crippen molar-refractivity contribution in [2.24, 2.45) is 0 Å². The van der Waals surface area contributed by atoms with Crippen molar-refractivity contribution in [1.29, 1.82) is 0 Å². The Morgan fingerprint density at radius 3 is 2.48 bits per heavy atom. The van der Waals surface area contributed by atoms with Gasteiger partial charge in [-0.1, -0.05) is 18.2 Å². The van der Waals surface area contributed by atoms with E-state index in [0.717, 1.165) is 17.6 Å². The van der Waals surface area contributed by atoms with Crippen LogP contribution in [-0.2, 0) is 9.84 Å². The molecule has 0 aliphatic heterocycles. The van der Waals surface area contributed by atoms with Gasteiger partial charge in [-0.25, -0.2) is 18.4 Å². The van der Waals surface area contributed by atoms with Gasteiger partial charge in [0.2, 0.25) is 15.0 Å². The fourth-order valence-corrected chi connectivity index (χ4v) is 2.86. The minimum atomic E-state index is -3.46. The van der Waals surface area contributed by atoms with Gasteiger partial charge in [-0.2, -0.15) is 0 Å². The summed E-state index contributed by atoms with van der Waals surface area (Å²) in [6.07, 6.45) is 1.11. The number of hydrogen-bond donors (Lipinski definition) is 0. The van der Waals surface area contributed by atoms with Crippen LogP contribution in [0, 0.1) is 6.92 Å². The summed E-state index contributed by atoms with van der Waals surface area (Å²) in [6.45, 7) is 3.76. The first-order valence-corrected chi connectivity index (χ1v) is 9.04. The second kappa shape index (κ2) is 6.54. The molecule has 0 radical (unpaired) electrons. The quantitative estimate of drug-likeness (QED) is 0.781. The zero-order valence-electron chi connectivity index (χ0n) is 13.9. The van der Waals surface area contributed by atoms with Crippen molar-refractivity contribution >= 4 is 15.7 Å². The summed E-state index contributed by atoms with van der Waals surface area (Å²) in [5.74, 6) is 1.33. The third-order valence-electron chi connectivity index (χ3n) is 3.68. The second-order valence-electron chi connectivity index (χ2n) is 5.45. The number of ether oxygens (including phenoxy) is 1. The van der Waals surface area contributed by atoms with Crippen molar-refractivity contribution in [3.05, 3.63) is 41.6 Å². The van der Waals surface area contributed by atoms with Gasteiger partial charge in [0, 0.05) is 30.6 Å². The highest BCUT2D eigenvalue weighted by Crippen LogP contribution is 2.30. The molecule has 2 rings (SSSR count). The standard InChI is InChI=1S/C16H21N3O3S/c1-11-10-15(18-16(17-11)23(5,20)21)19(3)12(2)13-8-6-7-9-14(13)22-4/h6-10,12H,1-5H3/t12-/m1/s1. The van der Waals surface area contributed by atoms with Crippen LogP contribution in [0.5, 0.6) is 5.75 Å². The van der Waals surface area contributed by atoms with Crippen molar-refractivity contribution in [3.63, 3.8) is 0 Å². The zero-order chi connectivity index (χ0) is 17.2. The van der Waals surface area contributed by atoms with Gasteiger partial charge in [-0.15, -0.1) is 0 Å². The van der Waals surface area contributed by atoms with Gasteiger partial charge in [0.25, 0.3) is 0 Å². The fourth-order valence-electron chi connectivity index (χ4n) is 2.29. The highest BCUT2D eigenvalue weighted by atomic mass is 32.2. The molecule has 0 unspecified atom stereocenters. The van der Waals surface area contributed by atoms with Gasteiger partial charge in [0.15, 0.2) is 0 Å². The van der Waals surface area contributed by atoms with Crippen molar-refractivity contribution < 1.29 is 13.2 Å². The molecule has 2 aromatic rings. The summed E-state index contributed by atoms with van der Waals surface area (Å²) < 4.78 is 28.9. The summed E-state index contributed by atoms with van der Waals surface area (Å²) in [5.41, 5.74) is 1.60. The number of hydrogen-bond acceptors (Lipinski definition) is 6. The number of nitrogens with zero attached hydrogens (tertiary/aromatic N) is 3. The summed E-state index contributed by atoms with van der Waals surface area (Å²) in [4.78, 5) is 10.1. The molecule has 1 atom stereocenters. The molecule has 0 N–H and O–H groups in total. The van der Waals surface area contributed by atoms with E-state index >= 15 is 0 Å². The van der Waals surface area contributed by atoms with Crippen LogP contribution in [0.4, 0.5) is 5.82 Å². The second-order valence-corrected chi connectivity index (χ2v) is 7.36. The number of rotatable bonds is 5. The number of para-hydroxylation sites is 1. The van der Waals surface area contributed by atoms with Gasteiger partial charge in [-0.3, -0.25) is 0 Å². The molecular formula is C16H21N3O3S. The van der Waals surface area contributed by atoms with Gasteiger partial charge in [0.05, 0.1) is 13.2 Å². The number of methoxy groups -OCH3 is 1. The number of sulfone groups is 1. The number of benzene rings is 1. The predicted octanol–water partition coefficient (Wildman–Crippen LogP) is 2.39. The maximum atomic E-state index is 11.7. The van der Waals surface area contributed by atoms with Crippen molar-refractivity contribution in [1.82, 2.24) is 9.97 Å². The third-order valence-corrected chi connectivity index (χ3v) is 4.53. The van der Waals surface area contributed by atoms with Gasteiger partial charge in [-0.05, 0) is 19.9 Å². The largest absolute Gasteiger partial charge is 0.496 e. The predicted molar refractivity (Wildman–Crippen MR) is 89.7 cm³/mol. The normalized spacial score (nSPS) is 12.7. The van der Waals surface area contributed by atoms with E-state index in [9.17, 15) is 8.42 Å². The van der Waals surface area contributed by atoms with E-state index in [1.807, 2.05) is 43.1 Å². The Balaban J connectivity index is 2.44. The van der Waals surface area contributed by atoms with E-state index in [2.05, 4.69) is 9.97 Å². The summed E-state index contributed by atoms with van der Waals surface area (Å²) in [5, 5.41) is -0.161. The van der Waals surface area contributed by atoms with E-state index in [-0.39, 0.29) is 11.2 Å². The molecule has 7 heteroatoms. The fraction of sp³-hybridized carbons (Fsp3) is 0.375. The van der Waals surface area contributed by atoms with Crippen LogP contribution in [0.25, 0.3) is 0 Å². The van der Waals surface area contributed by atoms with E-state index in [1.54, 1.807) is 20.1 Å². The molecule has 124 valence electrons. The lowest BCUT2D eigenvalue weighted by atomic mass is 10.1. The Labute approximate surface area is 137 Å². The minimum Gasteiger partial charge on any atom is -0.496 e. The molecule has 6 nitrogen and oxygen atoms in total. The molecule has 23 heavy (non-hydrogen) atoms. The topological polar surface area (TPSA) is 72.4 Å². The summed E-state index contributed by atoms with van der Waals surface area (Å²) >= 11 is 0. The molecule has 1 aromatic heterocycles. The highest BCUT2D eigenvalue weighted by molar-refractivity contribution is 7.90. The molecule has 0 spiro atoms. The maximum Gasteiger partial charge on any atom is 0.248 e. The summed E-state index contributed by atoms with van der Waals surface area (Å²) in [6, 6.07) is 9.44. The molecule has 0 saturated carbocycles. The highest BCUT2D eigenvalue weighted by Gasteiger charge is 2.20. The molecule has 0 aliphatic rings. The van der Waals surface area contributed by atoms with Crippen molar-refractivity contribution in [2.45, 2.75) is 25.0 Å². The Bertz CT molecular complexity index is 806. The molecule has 0 amide bonds. The molecule has 0 bridgehead atoms. The first kappa shape index (κ1) is 17.2. The van der Waals surface area contributed by atoms with Crippen LogP contribution in [-0.4, -0.2) is 38.8 Å². The maximum absolute atomic E-state index is 11.7. The lowest BCUT2D eigenvalue weighted by Crippen LogP contribution is -2.24. The molecule has 0 saturated heterocycles. The molecule has 0 aliphatic carbocycles. The number of anilines is 1. The van der Waals surface area contributed by atoms with E-state index in [0.29, 0.717) is 11.5 Å². The SMILES string of the molecule is COc1ccccc1[C@@H](C)N(C)c1cc(C)nc(S(C)(=O)=O)n1. The number of aromatic nitrogens is 2. The lowest BCUT2D eigenvalue weighted by molar-refractivity contribution is 0.406. The van der Waals surface area contributed by atoms with Gasteiger partial charge < -0.3 is 9.64 Å². The van der Waals surface area contributed by atoms with Crippen molar-refractivity contribution in [2.75, 3.05) is 25.3 Å². The van der Waals surface area contributed by atoms with Crippen LogP contribution in [0.2, 0.25) is 0 Å². The minimum absolute atomic E-state index is 0.0483. The van der Waals surface area contributed by atoms with Gasteiger partial charge >= 0.3 is 0 Å². The van der Waals surface area contributed by atoms with Crippen LogP contribution in [0.15, 0.2) is 35.5 Å². The average Bonchev–Trinajstić information content (AvgIpc) is 2.52.